The van der Waals surface area contributed by atoms with Crippen LogP contribution in [0.1, 0.15) is 58.3 Å². The lowest BCUT2D eigenvalue weighted by atomic mass is 9.98. The summed E-state index contributed by atoms with van der Waals surface area (Å²) in [4.78, 5) is 39.9. The Labute approximate surface area is 221 Å². The number of rotatable bonds is 7. The molecule has 2 aromatic carbocycles. The summed E-state index contributed by atoms with van der Waals surface area (Å²) < 4.78 is 16.4. The molecule has 0 bridgehead atoms. The molecular weight excluding hydrogens is 505 g/mol. The van der Waals surface area contributed by atoms with Crippen molar-refractivity contribution in [2.45, 2.75) is 53.2 Å². The van der Waals surface area contributed by atoms with Crippen LogP contribution in [-0.4, -0.2) is 37.3 Å². The number of fused-ring (bicyclic) bond motifs is 1. The predicted octanol–water partition coefficient (Wildman–Crippen LogP) is 5.95. The maximum Gasteiger partial charge on any atom is 0.314 e. The van der Waals surface area contributed by atoms with Crippen LogP contribution in [0.25, 0.3) is 0 Å². The molecule has 9 heteroatoms. The Kier molecular flexibility index (Phi) is 9.03. The zero-order chi connectivity index (χ0) is 26.6. The molecule has 0 saturated heterocycles. The average molecular weight is 536 g/mol. The second-order valence-electron chi connectivity index (χ2n) is 10.1. The van der Waals surface area contributed by atoms with E-state index < -0.39 is 36.4 Å². The van der Waals surface area contributed by atoms with Crippen molar-refractivity contribution < 1.29 is 28.6 Å². The summed E-state index contributed by atoms with van der Waals surface area (Å²) in [7, 11) is 0. The standard InChI is InChI=1S/C27H31Cl2NO6/c1-16(2)14-30-21-11-10-17(28)12-19(21)24(18-8-6-7-9-20(18)29)36-22(25(30)32)13-23(31)34-15-35-26(33)27(3,4)5/h6-12,16,22,24H,13-15H2,1-5H3/t22-,24-/m0/s1. The summed E-state index contributed by atoms with van der Waals surface area (Å²) in [6.45, 7) is 8.92. The Morgan fingerprint density at radius 1 is 1.06 bits per heavy atom. The highest BCUT2D eigenvalue weighted by molar-refractivity contribution is 6.31. The lowest BCUT2D eigenvalue weighted by Gasteiger charge is -2.26. The van der Waals surface area contributed by atoms with E-state index >= 15 is 0 Å². The number of esters is 2. The van der Waals surface area contributed by atoms with Crippen LogP contribution in [0, 0.1) is 11.3 Å². The van der Waals surface area contributed by atoms with Gasteiger partial charge in [0.25, 0.3) is 5.91 Å². The van der Waals surface area contributed by atoms with Gasteiger partial charge in [0.1, 0.15) is 12.2 Å². The Hall–Kier alpha value is -2.61. The Bertz CT molecular complexity index is 1130. The summed E-state index contributed by atoms with van der Waals surface area (Å²) in [5.41, 5.74) is 1.20. The number of carbonyl (C=O) groups is 3. The molecule has 0 radical (unpaired) electrons. The topological polar surface area (TPSA) is 82.1 Å². The van der Waals surface area contributed by atoms with E-state index in [0.717, 1.165) is 0 Å². The van der Waals surface area contributed by atoms with E-state index in [9.17, 15) is 14.4 Å². The third-order valence-corrected chi connectivity index (χ3v) is 6.09. The molecule has 0 spiro atoms. The highest BCUT2D eigenvalue weighted by Gasteiger charge is 2.39. The van der Waals surface area contributed by atoms with E-state index in [4.69, 9.17) is 37.4 Å². The lowest BCUT2D eigenvalue weighted by molar-refractivity contribution is -0.175. The van der Waals surface area contributed by atoms with Crippen LogP contribution in [0.5, 0.6) is 0 Å². The van der Waals surface area contributed by atoms with Crippen molar-refractivity contribution in [3.8, 4) is 0 Å². The van der Waals surface area contributed by atoms with E-state index in [1.54, 1.807) is 56.0 Å². The molecule has 1 aliphatic heterocycles. The highest BCUT2D eigenvalue weighted by atomic mass is 35.5. The Balaban J connectivity index is 1.93. The number of amides is 1. The molecule has 3 rings (SSSR count). The fourth-order valence-corrected chi connectivity index (χ4v) is 4.18. The number of carbonyl (C=O) groups excluding carboxylic acids is 3. The zero-order valence-corrected chi connectivity index (χ0v) is 22.6. The zero-order valence-electron chi connectivity index (χ0n) is 21.0. The molecule has 194 valence electrons. The van der Waals surface area contributed by atoms with Gasteiger partial charge in [0, 0.05) is 33.4 Å². The largest absolute Gasteiger partial charge is 0.428 e. The van der Waals surface area contributed by atoms with E-state index in [1.165, 1.54) is 0 Å². The van der Waals surface area contributed by atoms with Crippen molar-refractivity contribution in [1.82, 2.24) is 0 Å². The maximum absolute atomic E-state index is 13.7. The first-order valence-electron chi connectivity index (χ1n) is 11.7. The van der Waals surface area contributed by atoms with E-state index in [-0.39, 0.29) is 18.2 Å². The minimum atomic E-state index is -1.16. The molecule has 0 aliphatic carbocycles. The summed E-state index contributed by atoms with van der Waals surface area (Å²) in [5.74, 6) is -1.49. The van der Waals surface area contributed by atoms with Gasteiger partial charge in [-0.3, -0.25) is 14.4 Å². The summed E-state index contributed by atoms with van der Waals surface area (Å²) in [5, 5.41) is 0.929. The van der Waals surface area contributed by atoms with Crippen LogP contribution in [0.4, 0.5) is 5.69 Å². The first kappa shape index (κ1) is 28.0. The number of ether oxygens (including phenoxy) is 3. The fraction of sp³-hybridized carbons (Fsp3) is 0.444. The molecule has 0 aromatic heterocycles. The third kappa shape index (κ3) is 6.78. The minimum Gasteiger partial charge on any atom is -0.428 e. The molecule has 0 fully saturated rings. The molecule has 1 aliphatic rings. The lowest BCUT2D eigenvalue weighted by Crippen LogP contribution is -2.42. The van der Waals surface area contributed by atoms with Gasteiger partial charge in [0.15, 0.2) is 0 Å². The van der Waals surface area contributed by atoms with Gasteiger partial charge >= 0.3 is 11.9 Å². The van der Waals surface area contributed by atoms with Gasteiger partial charge in [-0.1, -0.05) is 55.2 Å². The van der Waals surface area contributed by atoms with Gasteiger partial charge in [-0.05, 0) is 51.0 Å². The Morgan fingerprint density at radius 3 is 2.39 bits per heavy atom. The average Bonchev–Trinajstić information content (AvgIpc) is 2.89. The van der Waals surface area contributed by atoms with Crippen molar-refractivity contribution in [1.29, 1.82) is 0 Å². The van der Waals surface area contributed by atoms with Gasteiger partial charge in [-0.15, -0.1) is 0 Å². The first-order chi connectivity index (χ1) is 16.9. The first-order valence-corrected chi connectivity index (χ1v) is 12.5. The molecule has 2 aromatic rings. The van der Waals surface area contributed by atoms with Crippen LogP contribution in [0.15, 0.2) is 42.5 Å². The van der Waals surface area contributed by atoms with Crippen molar-refractivity contribution >= 4 is 46.7 Å². The second kappa shape index (κ2) is 11.6. The third-order valence-electron chi connectivity index (χ3n) is 5.51. The number of nitrogens with zero attached hydrogens (tertiary/aromatic N) is 1. The normalized spacial score (nSPS) is 18.0. The molecule has 1 heterocycles. The van der Waals surface area contributed by atoms with Crippen molar-refractivity contribution in [2.75, 3.05) is 18.2 Å². The van der Waals surface area contributed by atoms with E-state index in [0.29, 0.717) is 33.4 Å². The molecule has 0 unspecified atom stereocenters. The van der Waals surface area contributed by atoms with Crippen LogP contribution < -0.4 is 4.90 Å². The smallest absolute Gasteiger partial charge is 0.314 e. The highest BCUT2D eigenvalue weighted by Crippen LogP contribution is 2.42. The molecule has 0 N–H and O–H groups in total. The maximum atomic E-state index is 13.7. The summed E-state index contributed by atoms with van der Waals surface area (Å²) in [6.07, 6.45) is -2.30. The molecule has 1 amide bonds. The van der Waals surface area contributed by atoms with Crippen LogP contribution >= 0.6 is 23.2 Å². The van der Waals surface area contributed by atoms with Gasteiger partial charge in [-0.2, -0.15) is 0 Å². The SMILES string of the molecule is CC(C)CN1C(=O)[C@H](CC(=O)OCOC(=O)C(C)(C)C)O[C@@H](c2ccccc2Cl)c2cc(Cl)ccc21. The van der Waals surface area contributed by atoms with Crippen molar-refractivity contribution in [3.05, 3.63) is 63.6 Å². The summed E-state index contributed by atoms with van der Waals surface area (Å²) in [6, 6.07) is 12.4. The van der Waals surface area contributed by atoms with E-state index in [1.807, 2.05) is 26.0 Å². The molecule has 2 atom stereocenters. The van der Waals surface area contributed by atoms with Crippen LogP contribution in [-0.2, 0) is 28.6 Å². The monoisotopic (exact) mass is 535 g/mol. The van der Waals surface area contributed by atoms with Gasteiger partial charge in [-0.25, -0.2) is 0 Å². The minimum absolute atomic E-state index is 0.138. The number of anilines is 1. The van der Waals surface area contributed by atoms with Crippen molar-refractivity contribution in [2.24, 2.45) is 11.3 Å². The molecule has 36 heavy (non-hydrogen) atoms. The predicted molar refractivity (Wildman–Crippen MR) is 138 cm³/mol. The molecular formula is C27H31Cl2NO6. The van der Waals surface area contributed by atoms with Gasteiger partial charge in [0.05, 0.1) is 11.8 Å². The molecule has 7 nitrogen and oxygen atoms in total. The number of hydrogen-bond acceptors (Lipinski definition) is 6. The number of benzene rings is 2. The Morgan fingerprint density at radius 2 is 1.75 bits per heavy atom. The number of hydrogen-bond donors (Lipinski definition) is 0. The van der Waals surface area contributed by atoms with Gasteiger partial charge < -0.3 is 19.1 Å². The fourth-order valence-electron chi connectivity index (χ4n) is 3.76. The number of halogens is 2. The van der Waals surface area contributed by atoms with Crippen LogP contribution in [0.3, 0.4) is 0 Å². The molecule has 0 saturated carbocycles. The second-order valence-corrected chi connectivity index (χ2v) is 10.9. The quantitative estimate of drug-likeness (QED) is 0.321. The van der Waals surface area contributed by atoms with Crippen LogP contribution in [0.2, 0.25) is 10.0 Å². The van der Waals surface area contributed by atoms with Gasteiger partial charge in [0.2, 0.25) is 6.79 Å². The van der Waals surface area contributed by atoms with Crippen molar-refractivity contribution in [3.63, 3.8) is 0 Å². The van der Waals surface area contributed by atoms with E-state index in [2.05, 4.69) is 0 Å². The summed E-state index contributed by atoms with van der Waals surface area (Å²) >= 11 is 12.9.